The Morgan fingerprint density at radius 3 is 2.39 bits per heavy atom. The highest BCUT2D eigenvalue weighted by Crippen LogP contribution is 2.39. The molecule has 0 fully saturated rings. The number of carbonyl (C=O) groups is 1. The van der Waals surface area contributed by atoms with E-state index in [0.717, 1.165) is 16.6 Å². The molecule has 0 radical (unpaired) electrons. The second-order valence-electron chi connectivity index (χ2n) is 6.37. The smallest absolute Gasteiger partial charge is 0.340 e. The molecule has 3 heterocycles. The molecule has 3 aromatic heterocycles. The largest absolute Gasteiger partial charge is 0.507 e. The zero-order chi connectivity index (χ0) is 19.7. The molecule has 0 saturated heterocycles. The first-order valence-corrected chi connectivity index (χ1v) is 8.95. The van der Waals surface area contributed by atoms with Crippen LogP contribution in [0, 0.1) is 0 Å². The molecule has 0 bridgehead atoms. The Kier molecular flexibility index (Phi) is 4.53. The molecule has 0 aliphatic carbocycles. The second kappa shape index (κ2) is 7.15. The molecule has 140 valence electrons. The van der Waals surface area contributed by atoms with Gasteiger partial charge < -0.3 is 14.4 Å². The van der Waals surface area contributed by atoms with Gasteiger partial charge >= 0.3 is 5.97 Å². The van der Waals surface area contributed by atoms with Gasteiger partial charge in [0.25, 0.3) is 0 Å². The zero-order valence-corrected chi connectivity index (χ0v) is 15.6. The lowest BCUT2D eigenvalue weighted by Gasteiger charge is -2.07. The molecule has 28 heavy (non-hydrogen) atoms. The van der Waals surface area contributed by atoms with Crippen LogP contribution in [0.1, 0.15) is 17.3 Å². The van der Waals surface area contributed by atoms with E-state index >= 15 is 0 Å². The summed E-state index contributed by atoms with van der Waals surface area (Å²) in [5.41, 5.74) is 4.16. The number of carbonyl (C=O) groups excluding carboxylic acids is 1. The van der Waals surface area contributed by atoms with E-state index in [4.69, 9.17) is 4.74 Å². The average molecular weight is 373 g/mol. The number of aromatic hydroxyl groups is 1. The quantitative estimate of drug-likeness (QED) is 0.543. The molecular weight excluding hydrogens is 354 g/mol. The summed E-state index contributed by atoms with van der Waals surface area (Å²) in [4.78, 5) is 21.1. The first-order valence-electron chi connectivity index (χ1n) is 8.95. The SMILES string of the molecule is CCOC(=O)c1c(-c2cccnc2)n(C)c2cc(-c3cccnc3)c(O)cc12. The summed E-state index contributed by atoms with van der Waals surface area (Å²) < 4.78 is 7.23. The maximum Gasteiger partial charge on any atom is 0.340 e. The van der Waals surface area contributed by atoms with Crippen LogP contribution in [0.3, 0.4) is 0 Å². The third-order valence-corrected chi connectivity index (χ3v) is 4.70. The second-order valence-corrected chi connectivity index (χ2v) is 6.37. The van der Waals surface area contributed by atoms with Gasteiger partial charge in [-0.1, -0.05) is 6.07 Å². The highest BCUT2D eigenvalue weighted by Gasteiger charge is 2.25. The molecule has 6 heteroatoms. The fourth-order valence-corrected chi connectivity index (χ4v) is 3.47. The van der Waals surface area contributed by atoms with Gasteiger partial charge in [-0.05, 0) is 37.3 Å². The lowest BCUT2D eigenvalue weighted by Crippen LogP contribution is -2.06. The first-order chi connectivity index (χ1) is 13.6. The van der Waals surface area contributed by atoms with Crippen molar-refractivity contribution in [3.63, 3.8) is 0 Å². The summed E-state index contributed by atoms with van der Waals surface area (Å²) in [6.45, 7) is 2.03. The number of ether oxygens (including phenoxy) is 1. The maximum atomic E-state index is 12.8. The van der Waals surface area contributed by atoms with Crippen LogP contribution in [-0.2, 0) is 11.8 Å². The van der Waals surface area contributed by atoms with Crippen molar-refractivity contribution >= 4 is 16.9 Å². The Labute approximate surface area is 162 Å². The van der Waals surface area contributed by atoms with Crippen LogP contribution in [-0.4, -0.2) is 32.2 Å². The molecule has 4 aromatic rings. The molecule has 0 amide bonds. The van der Waals surface area contributed by atoms with Crippen molar-refractivity contribution in [3.8, 4) is 28.1 Å². The van der Waals surface area contributed by atoms with Crippen molar-refractivity contribution in [1.29, 1.82) is 0 Å². The lowest BCUT2D eigenvalue weighted by molar-refractivity contribution is 0.0529. The number of aryl methyl sites for hydroxylation is 1. The number of hydrogen-bond donors (Lipinski definition) is 1. The van der Waals surface area contributed by atoms with E-state index in [-0.39, 0.29) is 12.4 Å². The molecular formula is C22H19N3O3. The Balaban J connectivity index is 2.04. The summed E-state index contributed by atoms with van der Waals surface area (Å²) in [7, 11) is 1.89. The molecule has 1 aromatic carbocycles. The van der Waals surface area contributed by atoms with Gasteiger partial charge in [-0.25, -0.2) is 4.79 Å². The van der Waals surface area contributed by atoms with E-state index in [1.165, 1.54) is 0 Å². The first kappa shape index (κ1) is 17.7. The molecule has 0 unspecified atom stereocenters. The van der Waals surface area contributed by atoms with Gasteiger partial charge in [-0.2, -0.15) is 0 Å². The van der Waals surface area contributed by atoms with Gasteiger partial charge in [0.15, 0.2) is 0 Å². The van der Waals surface area contributed by atoms with Gasteiger partial charge in [0.1, 0.15) is 5.75 Å². The van der Waals surface area contributed by atoms with E-state index in [1.54, 1.807) is 37.8 Å². The van der Waals surface area contributed by atoms with Gasteiger partial charge in [0, 0.05) is 53.9 Å². The molecule has 0 spiro atoms. The van der Waals surface area contributed by atoms with Gasteiger partial charge in [-0.3, -0.25) is 9.97 Å². The highest BCUT2D eigenvalue weighted by molar-refractivity contribution is 6.11. The van der Waals surface area contributed by atoms with Crippen LogP contribution >= 0.6 is 0 Å². The van der Waals surface area contributed by atoms with Crippen molar-refractivity contribution in [2.45, 2.75) is 6.92 Å². The summed E-state index contributed by atoms with van der Waals surface area (Å²) in [5.74, 6) is -0.352. The average Bonchev–Trinajstić information content (AvgIpc) is 3.00. The van der Waals surface area contributed by atoms with E-state index < -0.39 is 5.97 Å². The minimum absolute atomic E-state index is 0.0781. The molecule has 0 atom stereocenters. The summed E-state index contributed by atoms with van der Waals surface area (Å²) in [6.07, 6.45) is 6.76. The van der Waals surface area contributed by atoms with Crippen LogP contribution in [0.5, 0.6) is 5.75 Å². The molecule has 0 aliphatic rings. The number of pyridine rings is 2. The van der Waals surface area contributed by atoms with Crippen molar-refractivity contribution in [2.24, 2.45) is 7.05 Å². The molecule has 4 rings (SSSR count). The summed E-state index contributed by atoms with van der Waals surface area (Å²) in [6, 6.07) is 10.9. The molecule has 0 saturated carbocycles. The van der Waals surface area contributed by atoms with Crippen LogP contribution < -0.4 is 0 Å². The molecule has 0 aliphatic heterocycles. The number of nitrogens with zero attached hydrogens (tertiary/aromatic N) is 3. The van der Waals surface area contributed by atoms with Crippen molar-refractivity contribution < 1.29 is 14.6 Å². The van der Waals surface area contributed by atoms with Gasteiger partial charge in [-0.15, -0.1) is 0 Å². The standard InChI is InChI=1S/C22H19N3O3/c1-3-28-22(27)20-17-11-19(26)16(14-6-4-8-23-12-14)10-18(17)25(2)21(20)15-7-5-9-24-13-15/h4-13,26H,3H2,1-2H3. The van der Waals surface area contributed by atoms with E-state index in [0.29, 0.717) is 22.2 Å². The number of fused-ring (bicyclic) bond motifs is 1. The number of phenols is 1. The lowest BCUT2D eigenvalue weighted by atomic mass is 10.0. The van der Waals surface area contributed by atoms with Crippen LogP contribution in [0.2, 0.25) is 0 Å². The fourth-order valence-electron chi connectivity index (χ4n) is 3.47. The minimum atomic E-state index is -0.430. The van der Waals surface area contributed by atoms with Crippen LogP contribution in [0.4, 0.5) is 0 Å². The maximum absolute atomic E-state index is 12.8. The summed E-state index contributed by atoms with van der Waals surface area (Å²) in [5, 5.41) is 11.3. The minimum Gasteiger partial charge on any atom is -0.507 e. The number of rotatable bonds is 4. The number of aromatic nitrogens is 3. The normalized spacial score (nSPS) is 10.9. The van der Waals surface area contributed by atoms with Crippen LogP contribution in [0.15, 0.2) is 61.2 Å². The Morgan fingerprint density at radius 1 is 1.11 bits per heavy atom. The Bertz CT molecular complexity index is 1150. The molecule has 1 N–H and O–H groups in total. The van der Waals surface area contributed by atoms with Crippen LogP contribution in [0.25, 0.3) is 33.3 Å². The predicted molar refractivity (Wildman–Crippen MR) is 107 cm³/mol. The monoisotopic (exact) mass is 373 g/mol. The highest BCUT2D eigenvalue weighted by atomic mass is 16.5. The number of phenolic OH excluding ortho intramolecular Hbond substituents is 1. The van der Waals surface area contributed by atoms with E-state index in [9.17, 15) is 9.90 Å². The third-order valence-electron chi connectivity index (χ3n) is 4.70. The van der Waals surface area contributed by atoms with Gasteiger partial charge in [0.2, 0.25) is 0 Å². The fraction of sp³-hybridized carbons (Fsp3) is 0.136. The third kappa shape index (κ3) is 2.89. The Hall–Kier alpha value is -3.67. The molecule has 6 nitrogen and oxygen atoms in total. The summed E-state index contributed by atoms with van der Waals surface area (Å²) >= 11 is 0. The number of esters is 1. The number of hydrogen-bond acceptors (Lipinski definition) is 5. The van der Waals surface area contributed by atoms with E-state index in [1.807, 2.05) is 41.9 Å². The number of benzene rings is 1. The van der Waals surface area contributed by atoms with Crippen molar-refractivity contribution in [3.05, 3.63) is 66.7 Å². The Morgan fingerprint density at radius 2 is 1.79 bits per heavy atom. The van der Waals surface area contributed by atoms with Crippen molar-refractivity contribution in [2.75, 3.05) is 6.61 Å². The predicted octanol–water partition coefficient (Wildman–Crippen LogP) is 4.18. The van der Waals surface area contributed by atoms with Gasteiger partial charge in [0.05, 0.1) is 23.4 Å². The topological polar surface area (TPSA) is 77.2 Å². The zero-order valence-electron chi connectivity index (χ0n) is 15.6. The van der Waals surface area contributed by atoms with Crippen molar-refractivity contribution in [1.82, 2.24) is 14.5 Å². The van der Waals surface area contributed by atoms with E-state index in [2.05, 4.69) is 9.97 Å².